The first-order valence-electron chi connectivity index (χ1n) is 37.9. The Morgan fingerprint density at radius 1 is 0.291 bits per heavy atom. The Morgan fingerprint density at radius 2 is 0.509 bits per heavy atom. The average Bonchev–Trinajstić information content (AvgIpc) is 1.24. The fraction of sp³-hybridized carbons (Fsp3) is 0.585. The summed E-state index contributed by atoms with van der Waals surface area (Å²) in [4.78, 5) is 106. The number of aliphatic hydroxyl groups excluding tert-OH is 4. The van der Waals surface area contributed by atoms with Gasteiger partial charge in [0.2, 0.25) is 12.8 Å². The fourth-order valence-electron chi connectivity index (χ4n) is 27.2. The smallest absolute Gasteiger partial charge is 0.262 e. The van der Waals surface area contributed by atoms with E-state index < -0.39 is 61.1 Å². The van der Waals surface area contributed by atoms with Crippen molar-refractivity contribution in [2.24, 2.45) is 92.7 Å². The zero-order chi connectivity index (χ0) is 70.8. The van der Waals surface area contributed by atoms with Crippen LogP contribution in [0.3, 0.4) is 0 Å². The molecule has 0 saturated heterocycles. The molecule has 4 unspecified atom stereocenters. The zero-order valence-electron chi connectivity index (χ0n) is 60.2. The van der Waals surface area contributed by atoms with E-state index in [2.05, 4.69) is 0 Å². The molecule has 16 aliphatic carbocycles. The first-order chi connectivity index (χ1) is 49.0. The summed E-state index contributed by atoms with van der Waals surface area (Å²) < 4.78 is 0. The van der Waals surface area contributed by atoms with Gasteiger partial charge in [-0.15, -0.1) is 0 Å². The standard InChI is InChI=1S/2C24H25NO4.C20H23NO4.C14H21NO4.8Rh/c26-21-17-5-1-3-16-4-2-6-18(19(16)17)22(27)25(21)20(23(28)29)24-10-13-7-14(11-24)9-15(8-13)12-24;26-21-18-8-16-3-1-2-4-17(16)9-19(18)22(27)25(21)20(23(28)29)24-10-13-5-14(11-24)7-15(6-13)12-24;22-17-14-3-1-2-4-15(14)18(23)21(17)16(19(24)25)20-8-11-5-12(9-20)7-13(6-11)10-20;16-7-15(8-17)12(13(18)19)14-4-9-1-10(5-14)3-11(2-9)6-14;;;;;;;;/h1-6,13-15,20,23,28-29H,7-12H2;1-4,8-9,13-15,20,23,28-29H,5-7,10-12H2;1-4,11-13,16,19,24-25H,5-10H2;7-13,18-19H,1-6H2;;;;;;;;. The van der Waals surface area contributed by atoms with Crippen molar-refractivity contribution in [2.75, 3.05) is 0 Å². The van der Waals surface area contributed by atoms with Crippen molar-refractivity contribution in [2.45, 2.75) is 203 Å². The van der Waals surface area contributed by atoms with Crippen LogP contribution in [-0.2, 0) is 165 Å². The predicted octanol–water partition coefficient (Wildman–Crippen LogP) is 9.32. The molecular weight excluding hydrogens is 2120 g/mol. The zero-order valence-corrected chi connectivity index (χ0v) is 73.3. The minimum atomic E-state index is -1.73. The quantitative estimate of drug-likeness (QED) is 0.0222. The van der Waals surface area contributed by atoms with Gasteiger partial charge < -0.3 is 40.9 Å². The molecule has 8 radical (unpaired) electrons. The molecule has 3 aliphatic heterocycles. The minimum Gasteiger partial charge on any atom is -0.366 e. The van der Waals surface area contributed by atoms with Gasteiger partial charge in [-0.2, -0.15) is 0 Å². The molecule has 8 amide bonds. The predicted molar refractivity (Wildman–Crippen MR) is 370 cm³/mol. The van der Waals surface area contributed by atoms with Gasteiger partial charge in [-0.05, 0) is 299 Å². The molecular formula is C82H94N4O16Rh8. The van der Waals surface area contributed by atoms with Crippen LogP contribution in [0.5, 0.6) is 0 Å². The first kappa shape index (κ1) is 91.7. The molecule has 5 aromatic carbocycles. The first-order valence-corrected chi connectivity index (χ1v) is 37.9. The largest absolute Gasteiger partial charge is 0.366 e. The number of hydrogen-bond donors (Lipinski definition) is 8. The number of hydrogen-bond acceptors (Lipinski definition) is 16. The van der Waals surface area contributed by atoms with Crippen molar-refractivity contribution < 1.29 is 235 Å². The summed E-state index contributed by atoms with van der Waals surface area (Å²) in [7, 11) is 0. The van der Waals surface area contributed by atoms with Crippen LogP contribution in [0.2, 0.25) is 0 Å². The van der Waals surface area contributed by atoms with Crippen molar-refractivity contribution in [3.63, 3.8) is 0 Å². The summed E-state index contributed by atoms with van der Waals surface area (Å²) in [5.41, 5.74) is 1.12. The molecule has 16 fully saturated rings. The number of carbonyl (C=O) groups excluding carboxylic acids is 8. The number of rotatable bonds is 14. The summed E-state index contributed by atoms with van der Waals surface area (Å²) in [6.45, 7) is 0. The van der Waals surface area contributed by atoms with Crippen molar-refractivity contribution in [1.29, 1.82) is 0 Å². The maximum absolute atomic E-state index is 13.5. The molecule has 8 N–H and O–H groups in total. The number of benzene rings is 5. The number of carbonyl (C=O) groups is 8. The molecule has 0 spiro atoms. The summed E-state index contributed by atoms with van der Waals surface area (Å²) in [6, 6.07) is 25.5. The van der Waals surface area contributed by atoms with Crippen LogP contribution in [0.4, 0.5) is 0 Å². The van der Waals surface area contributed by atoms with Gasteiger partial charge in [-0.1, -0.05) is 60.7 Å². The third kappa shape index (κ3) is 15.7. The maximum atomic E-state index is 13.5. The van der Waals surface area contributed by atoms with E-state index in [0.717, 1.165) is 98.1 Å². The molecule has 3 heterocycles. The molecule has 16 saturated carbocycles. The van der Waals surface area contributed by atoms with Gasteiger partial charge >= 0.3 is 0 Å². The topological polar surface area (TPSA) is 311 Å². The van der Waals surface area contributed by atoms with E-state index in [1.54, 1.807) is 48.5 Å². The number of fused-ring (bicyclic) bond motifs is 3. The van der Waals surface area contributed by atoms with Crippen molar-refractivity contribution >= 4 is 69.8 Å². The van der Waals surface area contributed by atoms with Gasteiger partial charge in [0.05, 0.1) is 46.4 Å². The second-order valence-corrected chi connectivity index (χ2v) is 35.2. The van der Waals surface area contributed by atoms with Gasteiger partial charge in [-0.3, -0.25) is 58.0 Å². The Kier molecular flexibility index (Phi) is 29.5. The Hall–Kier alpha value is -2.15. The van der Waals surface area contributed by atoms with Crippen molar-refractivity contribution in [3.05, 3.63) is 130 Å². The third-order valence-electron chi connectivity index (χ3n) is 28.8. The molecule has 19 aliphatic rings. The van der Waals surface area contributed by atoms with E-state index in [-0.39, 0.29) is 201 Å². The minimum absolute atomic E-state index is 0. The Bertz CT molecular complexity index is 4010. The van der Waals surface area contributed by atoms with Crippen LogP contribution < -0.4 is 0 Å². The molecule has 28 heteroatoms. The summed E-state index contributed by atoms with van der Waals surface area (Å²) >= 11 is 0. The van der Waals surface area contributed by atoms with E-state index in [1.165, 1.54) is 91.7 Å². The van der Waals surface area contributed by atoms with Crippen LogP contribution in [0.1, 0.15) is 216 Å². The molecule has 24 rings (SSSR count). The van der Waals surface area contributed by atoms with Gasteiger partial charge in [0.1, 0.15) is 0 Å². The van der Waals surface area contributed by atoms with Crippen LogP contribution in [0.25, 0.3) is 21.5 Å². The fourth-order valence-corrected chi connectivity index (χ4v) is 27.2. The van der Waals surface area contributed by atoms with E-state index in [9.17, 15) is 79.2 Å². The molecule has 610 valence electrons. The second kappa shape index (κ2) is 35.4. The van der Waals surface area contributed by atoms with Gasteiger partial charge in [0.25, 0.3) is 35.4 Å². The monoisotopic (exact) mass is 2210 g/mol. The van der Waals surface area contributed by atoms with Crippen LogP contribution >= 0.6 is 0 Å². The molecule has 110 heavy (non-hydrogen) atoms. The van der Waals surface area contributed by atoms with Crippen LogP contribution in [0.15, 0.2) is 97.1 Å². The number of amides is 8. The Labute approximate surface area is 743 Å². The maximum Gasteiger partial charge on any atom is 0.262 e. The number of imide groups is 4. The van der Waals surface area contributed by atoms with Gasteiger partial charge in [-0.25, -0.2) is 0 Å². The van der Waals surface area contributed by atoms with Gasteiger partial charge in [0.15, 0.2) is 25.2 Å². The molecule has 5 aromatic rings. The Morgan fingerprint density at radius 3 is 0.755 bits per heavy atom. The third-order valence-corrected chi connectivity index (χ3v) is 28.8. The van der Waals surface area contributed by atoms with Crippen LogP contribution in [0, 0.1) is 92.7 Å². The van der Waals surface area contributed by atoms with Crippen LogP contribution in [-0.4, -0.2) is 158 Å². The second-order valence-electron chi connectivity index (χ2n) is 35.2. The summed E-state index contributed by atoms with van der Waals surface area (Å²) in [5, 5.41) is 85.2. The van der Waals surface area contributed by atoms with E-state index in [4.69, 9.17) is 0 Å². The molecule has 20 nitrogen and oxygen atoms in total. The van der Waals surface area contributed by atoms with Gasteiger partial charge in [0, 0.05) is 172 Å². The molecule has 4 atom stereocenters. The SMILES string of the molecule is O=C1c2cc3ccccc3cc2C(=O)N1C(C(O)O)C12CC3CC(CC(C3)C1)C2.O=C1c2cccc3cccc(c23)C(=O)N1C(C(O)O)C12CC3CC(CC(C3)C1)C2.O=C1c2ccccc2C(=O)N1C(C(O)O)C12CC3CC(CC(C3)C1)C2.O=CN(C=O)C(C(O)O)C12CC3CC(CC(C3)C1)C2.[Rh].[Rh].[Rh].[Rh].[Rh].[Rh].[Rh].[Rh]. The molecule has 0 aromatic heterocycles. The summed E-state index contributed by atoms with van der Waals surface area (Å²) in [5.74, 6) is 4.86. The Balaban J connectivity index is 0.000000167. The van der Waals surface area contributed by atoms with Crippen molar-refractivity contribution in [1.82, 2.24) is 19.6 Å². The molecule has 16 bridgehead atoms. The van der Waals surface area contributed by atoms with E-state index in [1.807, 2.05) is 48.5 Å². The summed E-state index contributed by atoms with van der Waals surface area (Å²) in [6.07, 6.45) is 19.4. The normalized spacial score (nSPS) is 33.4. The van der Waals surface area contributed by atoms with Crippen molar-refractivity contribution in [3.8, 4) is 0 Å². The number of aliphatic hydroxyl groups is 8. The number of nitrogens with zero attached hydrogens (tertiary/aromatic N) is 4. The van der Waals surface area contributed by atoms with E-state index >= 15 is 0 Å². The van der Waals surface area contributed by atoms with E-state index in [0.29, 0.717) is 123 Å². The average molecular weight is 2210 g/mol.